The summed E-state index contributed by atoms with van der Waals surface area (Å²) in [5.74, 6) is 0. The molecule has 51 valence electrons. The Kier molecular flexibility index (Phi) is 1.44. The predicted molar refractivity (Wildman–Crippen MR) is 36.9 cm³/mol. The lowest BCUT2D eigenvalue weighted by Crippen LogP contribution is -2.34. The van der Waals surface area contributed by atoms with Crippen LogP contribution in [0.1, 0.15) is 12.8 Å². The first-order valence-corrected chi connectivity index (χ1v) is 3.76. The molecule has 0 amide bonds. The van der Waals surface area contributed by atoms with Crippen LogP contribution in [0.5, 0.6) is 0 Å². The molecule has 1 radical (unpaired) electrons. The number of piperidine rings is 1. The zero-order valence-electron chi connectivity index (χ0n) is 5.64. The Hall–Kier alpha value is -0.0800. The van der Waals surface area contributed by atoms with Crippen LogP contribution in [-0.2, 0) is 0 Å². The lowest BCUT2D eigenvalue weighted by atomic mass is 10.1. The van der Waals surface area contributed by atoms with Gasteiger partial charge in [0, 0.05) is 32.2 Å². The summed E-state index contributed by atoms with van der Waals surface area (Å²) in [6, 6.07) is 0.819. The molecule has 0 spiro atoms. The fourth-order valence-electron chi connectivity index (χ4n) is 1.63. The fourth-order valence-corrected chi connectivity index (χ4v) is 1.63. The molecule has 0 saturated carbocycles. The molecule has 2 bridgehead atoms. The van der Waals surface area contributed by atoms with Crippen molar-refractivity contribution in [3.05, 3.63) is 6.54 Å². The number of nitrogens with one attached hydrogen (secondary N) is 1. The number of rotatable bonds is 0. The second-order valence-corrected chi connectivity index (χ2v) is 2.90. The third kappa shape index (κ3) is 1.10. The van der Waals surface area contributed by atoms with Crippen LogP contribution in [0.3, 0.4) is 0 Å². The summed E-state index contributed by atoms with van der Waals surface area (Å²) in [6.07, 6.45) is 2.69. The average Bonchev–Trinajstić information content (AvgIpc) is 2.21. The molecule has 3 heterocycles. The Bertz CT molecular complexity index is 77.6. The van der Waals surface area contributed by atoms with E-state index in [2.05, 4.69) is 16.8 Å². The van der Waals surface area contributed by atoms with E-state index < -0.39 is 0 Å². The first-order valence-electron chi connectivity index (χ1n) is 3.76. The summed E-state index contributed by atoms with van der Waals surface area (Å²) < 4.78 is 0. The number of hydrogen-bond acceptors (Lipinski definition) is 2. The predicted octanol–water partition coefficient (Wildman–Crippen LogP) is 0.216. The minimum atomic E-state index is 0.819. The first-order chi connectivity index (χ1) is 4.45. The number of hydrogen-bond donors (Lipinski definition) is 1. The highest BCUT2D eigenvalue weighted by molar-refractivity contribution is 4.87. The standard InChI is InChI=1S/C7H13N2/c1-4-9-5-2-7(1)8-3-6-9/h6-8H,1-5H2. The molecule has 0 aromatic rings. The Balaban J connectivity index is 2.03. The van der Waals surface area contributed by atoms with Crippen molar-refractivity contribution < 1.29 is 0 Å². The van der Waals surface area contributed by atoms with E-state index >= 15 is 0 Å². The van der Waals surface area contributed by atoms with E-state index in [1.807, 2.05) is 0 Å². The van der Waals surface area contributed by atoms with Crippen molar-refractivity contribution in [3.8, 4) is 0 Å². The van der Waals surface area contributed by atoms with Gasteiger partial charge in [-0.3, -0.25) is 4.90 Å². The molecule has 3 aliphatic heterocycles. The van der Waals surface area contributed by atoms with Gasteiger partial charge < -0.3 is 5.32 Å². The molecule has 3 saturated heterocycles. The van der Waals surface area contributed by atoms with E-state index in [0.29, 0.717) is 0 Å². The number of fused-ring (bicyclic) bond motifs is 4. The summed E-state index contributed by atoms with van der Waals surface area (Å²) in [5, 5.41) is 3.48. The van der Waals surface area contributed by atoms with Crippen LogP contribution in [0, 0.1) is 6.54 Å². The molecule has 3 aliphatic rings. The highest BCUT2D eigenvalue weighted by atomic mass is 15.2. The monoisotopic (exact) mass is 125 g/mol. The maximum atomic E-state index is 3.48. The summed E-state index contributed by atoms with van der Waals surface area (Å²) in [4.78, 5) is 2.43. The van der Waals surface area contributed by atoms with E-state index in [1.165, 1.54) is 25.9 Å². The molecule has 0 aliphatic carbocycles. The Labute approximate surface area is 56.2 Å². The van der Waals surface area contributed by atoms with Crippen molar-refractivity contribution in [3.63, 3.8) is 0 Å². The van der Waals surface area contributed by atoms with Gasteiger partial charge in [0.25, 0.3) is 0 Å². The van der Waals surface area contributed by atoms with E-state index in [1.54, 1.807) is 0 Å². The maximum absolute atomic E-state index is 3.48. The van der Waals surface area contributed by atoms with Crippen molar-refractivity contribution in [1.29, 1.82) is 0 Å². The van der Waals surface area contributed by atoms with Crippen LogP contribution in [0.2, 0.25) is 0 Å². The summed E-state index contributed by atoms with van der Waals surface area (Å²) >= 11 is 0. The van der Waals surface area contributed by atoms with Gasteiger partial charge in [-0.05, 0) is 12.8 Å². The zero-order valence-corrected chi connectivity index (χ0v) is 5.64. The van der Waals surface area contributed by atoms with E-state index in [9.17, 15) is 0 Å². The third-order valence-corrected chi connectivity index (χ3v) is 2.29. The smallest absolute Gasteiger partial charge is 0.0388 e. The van der Waals surface area contributed by atoms with E-state index in [4.69, 9.17) is 0 Å². The van der Waals surface area contributed by atoms with Crippen molar-refractivity contribution in [1.82, 2.24) is 10.2 Å². The van der Waals surface area contributed by atoms with Gasteiger partial charge in [0.05, 0.1) is 0 Å². The third-order valence-electron chi connectivity index (χ3n) is 2.29. The molecule has 2 nitrogen and oxygen atoms in total. The normalized spacial score (nSPS) is 42.7. The summed E-state index contributed by atoms with van der Waals surface area (Å²) in [5.41, 5.74) is 0. The lowest BCUT2D eigenvalue weighted by molar-refractivity contribution is 0.278. The fraction of sp³-hybridized carbons (Fsp3) is 0.857. The minimum Gasteiger partial charge on any atom is -0.312 e. The van der Waals surface area contributed by atoms with Crippen molar-refractivity contribution in [2.75, 3.05) is 19.6 Å². The van der Waals surface area contributed by atoms with E-state index in [0.717, 1.165) is 12.6 Å². The van der Waals surface area contributed by atoms with Crippen molar-refractivity contribution >= 4 is 0 Å². The van der Waals surface area contributed by atoms with E-state index in [-0.39, 0.29) is 0 Å². The number of nitrogens with zero attached hydrogens (tertiary/aromatic N) is 1. The van der Waals surface area contributed by atoms with Crippen LogP contribution in [0.15, 0.2) is 0 Å². The Morgan fingerprint density at radius 1 is 1.33 bits per heavy atom. The second-order valence-electron chi connectivity index (χ2n) is 2.90. The SMILES string of the molecule is [CH]1CNC2CCN1CC2. The van der Waals surface area contributed by atoms with Gasteiger partial charge in [-0.25, -0.2) is 0 Å². The molecule has 2 heteroatoms. The highest BCUT2D eigenvalue weighted by Crippen LogP contribution is 2.14. The van der Waals surface area contributed by atoms with Gasteiger partial charge in [-0.1, -0.05) is 0 Å². The molecule has 0 unspecified atom stereocenters. The molecular formula is C7H13N2. The summed E-state index contributed by atoms with van der Waals surface area (Å²) in [7, 11) is 0. The molecule has 9 heavy (non-hydrogen) atoms. The molecule has 0 aromatic carbocycles. The maximum Gasteiger partial charge on any atom is 0.0388 e. The topological polar surface area (TPSA) is 15.3 Å². The lowest BCUT2D eigenvalue weighted by Gasteiger charge is -2.25. The second kappa shape index (κ2) is 2.27. The van der Waals surface area contributed by atoms with Crippen molar-refractivity contribution in [2.24, 2.45) is 0 Å². The molecule has 3 rings (SSSR count). The molecule has 3 fully saturated rings. The molecule has 0 aromatic heterocycles. The van der Waals surface area contributed by atoms with Gasteiger partial charge in [0.15, 0.2) is 0 Å². The van der Waals surface area contributed by atoms with Crippen molar-refractivity contribution in [2.45, 2.75) is 18.9 Å². The average molecular weight is 125 g/mol. The largest absolute Gasteiger partial charge is 0.312 e. The van der Waals surface area contributed by atoms with Crippen LogP contribution >= 0.6 is 0 Å². The van der Waals surface area contributed by atoms with Gasteiger partial charge in [-0.15, -0.1) is 0 Å². The minimum absolute atomic E-state index is 0.819. The molecular weight excluding hydrogens is 112 g/mol. The molecule has 0 atom stereocenters. The van der Waals surface area contributed by atoms with Crippen LogP contribution in [0.25, 0.3) is 0 Å². The van der Waals surface area contributed by atoms with Gasteiger partial charge in [0.1, 0.15) is 0 Å². The highest BCUT2D eigenvalue weighted by Gasteiger charge is 2.21. The van der Waals surface area contributed by atoms with Crippen LogP contribution < -0.4 is 5.32 Å². The van der Waals surface area contributed by atoms with Gasteiger partial charge in [0.2, 0.25) is 0 Å². The van der Waals surface area contributed by atoms with Gasteiger partial charge in [-0.2, -0.15) is 0 Å². The Morgan fingerprint density at radius 3 is 2.89 bits per heavy atom. The van der Waals surface area contributed by atoms with Crippen LogP contribution in [-0.4, -0.2) is 30.6 Å². The van der Waals surface area contributed by atoms with Crippen LogP contribution in [0.4, 0.5) is 0 Å². The zero-order chi connectivity index (χ0) is 6.10. The first kappa shape index (κ1) is 5.69. The van der Waals surface area contributed by atoms with Gasteiger partial charge >= 0.3 is 0 Å². The summed E-state index contributed by atoms with van der Waals surface area (Å²) in [6.45, 7) is 5.92. The molecule has 1 N–H and O–H groups in total. The quantitative estimate of drug-likeness (QED) is 0.498. The Morgan fingerprint density at radius 2 is 2.11 bits per heavy atom.